The number of carboxylic acids is 1. The van der Waals surface area contributed by atoms with Gasteiger partial charge in [0.15, 0.2) is 0 Å². The third-order valence-corrected chi connectivity index (χ3v) is 4.09. The van der Waals surface area contributed by atoms with E-state index in [0.717, 1.165) is 50.3 Å². The van der Waals surface area contributed by atoms with Gasteiger partial charge in [-0.1, -0.05) is 0 Å². The van der Waals surface area contributed by atoms with Crippen LogP contribution in [0.25, 0.3) is 0 Å². The molecule has 0 radical (unpaired) electrons. The number of aliphatic carboxylic acids is 1. The molecule has 0 bridgehead atoms. The van der Waals surface area contributed by atoms with Crippen LogP contribution < -0.4 is 4.90 Å². The number of aromatic nitrogens is 2. The van der Waals surface area contributed by atoms with Gasteiger partial charge in [-0.25, -0.2) is 9.97 Å². The van der Waals surface area contributed by atoms with Crippen molar-refractivity contribution < 1.29 is 9.90 Å². The summed E-state index contributed by atoms with van der Waals surface area (Å²) in [6, 6.07) is 0. The van der Waals surface area contributed by atoms with Crippen LogP contribution in [0.2, 0.25) is 0 Å². The summed E-state index contributed by atoms with van der Waals surface area (Å²) in [5.74, 6) is 0.840. The molecule has 3 rings (SSSR count). The van der Waals surface area contributed by atoms with E-state index in [2.05, 4.69) is 14.9 Å². The number of nitrogens with zero attached hydrogens (tertiary/aromatic N) is 3. The van der Waals surface area contributed by atoms with E-state index < -0.39 is 5.97 Å². The zero-order valence-electron chi connectivity index (χ0n) is 11.2. The number of hydrogen-bond donors (Lipinski definition) is 1. The molecular weight excluding hydrogens is 242 g/mol. The van der Waals surface area contributed by atoms with Crippen molar-refractivity contribution in [1.82, 2.24) is 9.97 Å². The Bertz CT molecular complexity index is 516. The maximum Gasteiger partial charge on any atom is 0.308 e. The van der Waals surface area contributed by atoms with Gasteiger partial charge in [0, 0.05) is 24.3 Å². The smallest absolute Gasteiger partial charge is 0.308 e. The van der Waals surface area contributed by atoms with Crippen LogP contribution in [0.3, 0.4) is 0 Å². The van der Waals surface area contributed by atoms with Crippen LogP contribution in [0.15, 0.2) is 0 Å². The normalized spacial score (nSPS) is 22.4. The van der Waals surface area contributed by atoms with Gasteiger partial charge in [0.05, 0.1) is 5.92 Å². The lowest BCUT2D eigenvalue weighted by molar-refractivity contribution is -0.141. The molecule has 1 N–H and O–H groups in total. The number of fused-ring (bicyclic) bond motifs is 1. The average Bonchev–Trinajstić information content (AvgIpc) is 2.85. The highest BCUT2D eigenvalue weighted by molar-refractivity contribution is 5.71. The predicted molar refractivity (Wildman–Crippen MR) is 71.4 cm³/mol. The molecule has 5 heteroatoms. The second kappa shape index (κ2) is 4.79. The molecule has 1 aliphatic carbocycles. The van der Waals surface area contributed by atoms with Crippen molar-refractivity contribution in [2.75, 3.05) is 18.0 Å². The average molecular weight is 261 g/mol. The molecule has 1 saturated heterocycles. The molecular formula is C14H19N3O2. The number of piperidine rings is 1. The summed E-state index contributed by atoms with van der Waals surface area (Å²) in [5.41, 5.74) is 2.41. The first-order valence-electron chi connectivity index (χ1n) is 6.99. The molecule has 2 aliphatic rings. The van der Waals surface area contributed by atoms with Gasteiger partial charge in [0.25, 0.3) is 0 Å². The van der Waals surface area contributed by atoms with Crippen LogP contribution in [0, 0.1) is 12.8 Å². The van der Waals surface area contributed by atoms with E-state index in [-0.39, 0.29) is 5.92 Å². The first-order chi connectivity index (χ1) is 9.15. The highest BCUT2D eigenvalue weighted by Crippen LogP contribution is 2.31. The Morgan fingerprint density at radius 1 is 1.32 bits per heavy atom. The molecule has 1 aliphatic heterocycles. The molecule has 1 fully saturated rings. The first kappa shape index (κ1) is 12.4. The van der Waals surface area contributed by atoms with Gasteiger partial charge in [-0.2, -0.15) is 0 Å². The van der Waals surface area contributed by atoms with E-state index in [1.807, 2.05) is 6.92 Å². The standard InChI is InChI=1S/C14H19N3O2/c1-9-15-12-6-2-5-11(12)13(16-9)17-7-3-4-10(8-17)14(18)19/h10H,2-8H2,1H3,(H,18,19)/t10-/m1/s1. The fourth-order valence-corrected chi connectivity index (χ4v) is 3.17. The van der Waals surface area contributed by atoms with E-state index in [1.165, 1.54) is 11.3 Å². The summed E-state index contributed by atoms with van der Waals surface area (Å²) in [6.07, 6.45) is 4.89. The van der Waals surface area contributed by atoms with Crippen molar-refractivity contribution in [2.24, 2.45) is 5.92 Å². The molecule has 2 heterocycles. The summed E-state index contributed by atoms with van der Waals surface area (Å²) < 4.78 is 0. The number of carbonyl (C=O) groups is 1. The number of aryl methyl sites for hydroxylation is 2. The molecule has 1 atom stereocenters. The summed E-state index contributed by atoms with van der Waals surface area (Å²) >= 11 is 0. The SMILES string of the molecule is Cc1nc2c(c(N3CCC[C@@H](C(=O)O)C3)n1)CCC2. The van der Waals surface area contributed by atoms with Gasteiger partial charge in [-0.15, -0.1) is 0 Å². The summed E-state index contributed by atoms with van der Waals surface area (Å²) in [4.78, 5) is 22.4. The number of rotatable bonds is 2. The van der Waals surface area contributed by atoms with Crippen LogP contribution in [0.5, 0.6) is 0 Å². The van der Waals surface area contributed by atoms with E-state index in [9.17, 15) is 9.90 Å². The fourth-order valence-electron chi connectivity index (χ4n) is 3.17. The highest BCUT2D eigenvalue weighted by Gasteiger charge is 2.29. The first-order valence-corrected chi connectivity index (χ1v) is 6.99. The number of hydrogen-bond acceptors (Lipinski definition) is 4. The summed E-state index contributed by atoms with van der Waals surface area (Å²) in [7, 11) is 0. The third-order valence-electron chi connectivity index (χ3n) is 4.09. The van der Waals surface area contributed by atoms with E-state index in [4.69, 9.17) is 0 Å². The monoisotopic (exact) mass is 261 g/mol. The minimum Gasteiger partial charge on any atom is -0.481 e. The van der Waals surface area contributed by atoms with Crippen molar-refractivity contribution in [2.45, 2.75) is 39.0 Å². The van der Waals surface area contributed by atoms with Crippen molar-refractivity contribution >= 4 is 11.8 Å². The maximum atomic E-state index is 11.2. The molecule has 5 nitrogen and oxygen atoms in total. The lowest BCUT2D eigenvalue weighted by atomic mass is 9.98. The van der Waals surface area contributed by atoms with Gasteiger partial charge in [-0.3, -0.25) is 4.79 Å². The lowest BCUT2D eigenvalue weighted by Gasteiger charge is -2.32. The van der Waals surface area contributed by atoms with E-state index in [0.29, 0.717) is 6.54 Å². The lowest BCUT2D eigenvalue weighted by Crippen LogP contribution is -2.39. The Hall–Kier alpha value is -1.65. The molecule has 0 spiro atoms. The zero-order chi connectivity index (χ0) is 13.4. The molecule has 1 aromatic rings. The Labute approximate surface area is 112 Å². The topological polar surface area (TPSA) is 66.3 Å². The third kappa shape index (κ3) is 2.29. The maximum absolute atomic E-state index is 11.2. The van der Waals surface area contributed by atoms with Crippen molar-refractivity contribution in [1.29, 1.82) is 0 Å². The molecule has 0 unspecified atom stereocenters. The van der Waals surface area contributed by atoms with Crippen LogP contribution in [0.4, 0.5) is 5.82 Å². The quantitative estimate of drug-likeness (QED) is 0.875. The van der Waals surface area contributed by atoms with Crippen LogP contribution in [-0.2, 0) is 17.6 Å². The van der Waals surface area contributed by atoms with Crippen molar-refractivity contribution in [3.05, 3.63) is 17.1 Å². The van der Waals surface area contributed by atoms with E-state index >= 15 is 0 Å². The molecule has 0 amide bonds. The van der Waals surface area contributed by atoms with E-state index in [1.54, 1.807) is 0 Å². The van der Waals surface area contributed by atoms with Gasteiger partial charge in [-0.05, 0) is 39.0 Å². The minimum atomic E-state index is -0.688. The summed E-state index contributed by atoms with van der Waals surface area (Å²) in [6.45, 7) is 3.41. The Morgan fingerprint density at radius 2 is 2.16 bits per heavy atom. The van der Waals surface area contributed by atoms with Crippen molar-refractivity contribution in [3.8, 4) is 0 Å². The van der Waals surface area contributed by atoms with Crippen molar-refractivity contribution in [3.63, 3.8) is 0 Å². The second-order valence-electron chi connectivity index (χ2n) is 5.50. The van der Waals surface area contributed by atoms with Gasteiger partial charge < -0.3 is 10.0 Å². The number of anilines is 1. The minimum absolute atomic E-state index is 0.263. The summed E-state index contributed by atoms with van der Waals surface area (Å²) in [5, 5.41) is 9.19. The largest absolute Gasteiger partial charge is 0.481 e. The molecule has 0 aromatic carbocycles. The molecule has 19 heavy (non-hydrogen) atoms. The van der Waals surface area contributed by atoms with Crippen LogP contribution in [0.1, 0.15) is 36.3 Å². The zero-order valence-corrected chi connectivity index (χ0v) is 11.2. The Kier molecular flexibility index (Phi) is 3.12. The molecule has 102 valence electrons. The predicted octanol–water partition coefficient (Wildman–Crippen LogP) is 1.57. The van der Waals surface area contributed by atoms with Crippen LogP contribution in [-0.4, -0.2) is 34.1 Å². The molecule has 0 saturated carbocycles. The number of carboxylic acid groups (broad SMARTS) is 1. The Morgan fingerprint density at radius 3 is 2.95 bits per heavy atom. The molecule has 1 aromatic heterocycles. The van der Waals surface area contributed by atoms with Gasteiger partial charge in [0.1, 0.15) is 11.6 Å². The fraction of sp³-hybridized carbons (Fsp3) is 0.643. The second-order valence-corrected chi connectivity index (χ2v) is 5.50. The van der Waals surface area contributed by atoms with Crippen LogP contribution >= 0.6 is 0 Å². The Balaban J connectivity index is 1.91. The highest BCUT2D eigenvalue weighted by atomic mass is 16.4. The van der Waals surface area contributed by atoms with Gasteiger partial charge >= 0.3 is 5.97 Å². The van der Waals surface area contributed by atoms with Gasteiger partial charge in [0.2, 0.25) is 0 Å².